The van der Waals surface area contributed by atoms with Crippen LogP contribution < -0.4 is 5.73 Å². The first-order chi connectivity index (χ1) is 9.69. The molecule has 0 saturated carbocycles. The summed E-state index contributed by atoms with van der Waals surface area (Å²) in [5.41, 5.74) is 4.97. The molecule has 1 fully saturated rings. The van der Waals surface area contributed by atoms with Crippen molar-refractivity contribution < 1.29 is 38.6 Å². The van der Waals surface area contributed by atoms with Gasteiger partial charge in [0.25, 0.3) is 5.91 Å². The van der Waals surface area contributed by atoms with Gasteiger partial charge in [-0.3, -0.25) is 9.32 Å². The van der Waals surface area contributed by atoms with Gasteiger partial charge < -0.3 is 30.5 Å². The van der Waals surface area contributed by atoms with Crippen molar-refractivity contribution in [3.8, 4) is 0 Å². The van der Waals surface area contributed by atoms with Gasteiger partial charge in [-0.05, 0) is 0 Å². The molecule has 0 radical (unpaired) electrons. The van der Waals surface area contributed by atoms with E-state index in [1.807, 2.05) is 0 Å². The van der Waals surface area contributed by atoms with Gasteiger partial charge in [-0.2, -0.15) is 0 Å². The smallest absolute Gasteiger partial charge is 0.387 e. The van der Waals surface area contributed by atoms with Crippen molar-refractivity contribution in [1.82, 2.24) is 14.8 Å². The van der Waals surface area contributed by atoms with Gasteiger partial charge in [-0.25, -0.2) is 14.2 Å². The second-order valence-corrected chi connectivity index (χ2v) is 5.48. The molecule has 1 aliphatic rings. The van der Waals surface area contributed by atoms with Gasteiger partial charge >= 0.3 is 7.82 Å². The zero-order chi connectivity index (χ0) is 15.8. The molecule has 0 aliphatic carbocycles. The lowest BCUT2D eigenvalue weighted by Gasteiger charge is -2.14. The molecule has 13 heteroatoms. The number of aliphatic hydroxyl groups excluding tert-OH is 2. The van der Waals surface area contributed by atoms with Gasteiger partial charge in [0, 0.05) is 0 Å². The Hall–Kier alpha value is -1.40. The zero-order valence-electron chi connectivity index (χ0n) is 10.4. The highest BCUT2D eigenvalue weighted by molar-refractivity contribution is 7.46. The molecule has 2 heterocycles. The van der Waals surface area contributed by atoms with Crippen LogP contribution in [0.5, 0.6) is 0 Å². The fourth-order valence-corrected chi connectivity index (χ4v) is 2.11. The highest BCUT2D eigenvalue weighted by atomic mass is 31.2. The Morgan fingerprint density at radius 1 is 1.48 bits per heavy atom. The van der Waals surface area contributed by atoms with Crippen LogP contribution in [0.3, 0.4) is 0 Å². The van der Waals surface area contributed by atoms with Crippen LogP contribution in [0.15, 0.2) is 6.33 Å². The molecule has 2 rings (SSSR count). The third-order valence-electron chi connectivity index (χ3n) is 2.73. The number of carbonyl (C=O) groups is 1. The average molecular weight is 324 g/mol. The van der Waals surface area contributed by atoms with Crippen LogP contribution in [0.4, 0.5) is 0 Å². The maximum atomic E-state index is 10.9. The van der Waals surface area contributed by atoms with Crippen LogP contribution in [0.2, 0.25) is 0 Å². The number of phosphoric ester groups is 1. The van der Waals surface area contributed by atoms with E-state index in [4.69, 9.17) is 20.3 Å². The predicted molar refractivity (Wildman–Crippen MR) is 62.5 cm³/mol. The summed E-state index contributed by atoms with van der Waals surface area (Å²) < 4.78 is 21.0. The van der Waals surface area contributed by atoms with Crippen LogP contribution in [-0.2, 0) is 13.8 Å². The van der Waals surface area contributed by atoms with Crippen LogP contribution in [0, 0.1) is 0 Å². The summed E-state index contributed by atoms with van der Waals surface area (Å²) in [6.07, 6.45) is -4.27. The van der Waals surface area contributed by atoms with Gasteiger partial charge in [0.15, 0.2) is 6.23 Å². The predicted octanol–water partition coefficient (Wildman–Crippen LogP) is -2.89. The molecule has 118 valence electrons. The molecular weight excluding hydrogens is 311 g/mol. The molecule has 4 atom stereocenters. The highest BCUT2D eigenvalue weighted by Crippen LogP contribution is 2.38. The third-order valence-corrected chi connectivity index (χ3v) is 3.22. The number of hydrogen-bond acceptors (Lipinski definition) is 8. The van der Waals surface area contributed by atoms with Crippen molar-refractivity contribution in [2.75, 3.05) is 6.61 Å². The maximum absolute atomic E-state index is 10.9. The number of nitrogens with zero attached hydrogens (tertiary/aromatic N) is 3. The molecular formula is C8H13N4O8P. The van der Waals surface area contributed by atoms with Crippen molar-refractivity contribution >= 4 is 13.7 Å². The van der Waals surface area contributed by atoms with Gasteiger partial charge in [-0.1, -0.05) is 0 Å². The highest BCUT2D eigenvalue weighted by Gasteiger charge is 2.45. The monoisotopic (exact) mass is 324 g/mol. The summed E-state index contributed by atoms with van der Waals surface area (Å²) in [6, 6.07) is 0. The van der Waals surface area contributed by atoms with Crippen LogP contribution in [0.1, 0.15) is 16.8 Å². The number of aromatic nitrogens is 3. The van der Waals surface area contributed by atoms with Crippen molar-refractivity contribution in [2.24, 2.45) is 5.73 Å². The summed E-state index contributed by atoms with van der Waals surface area (Å²) in [4.78, 5) is 31.6. The maximum Gasteiger partial charge on any atom is 0.469 e. The lowest BCUT2D eigenvalue weighted by Crippen LogP contribution is -2.33. The molecule has 1 saturated heterocycles. The Morgan fingerprint density at radius 2 is 2.14 bits per heavy atom. The van der Waals surface area contributed by atoms with Crippen molar-refractivity contribution in [3.63, 3.8) is 0 Å². The number of ether oxygens (including phenoxy) is 1. The number of aliphatic hydroxyl groups is 2. The zero-order valence-corrected chi connectivity index (χ0v) is 11.3. The van der Waals surface area contributed by atoms with Gasteiger partial charge in [0.1, 0.15) is 24.6 Å². The molecule has 0 aromatic carbocycles. The minimum atomic E-state index is -4.73. The fraction of sp³-hybridized carbons (Fsp3) is 0.625. The topological polar surface area (TPSA) is 190 Å². The number of nitrogens with two attached hydrogens (primary N) is 1. The SMILES string of the molecule is NC(=O)c1ncn([C@@H]2O[C@H](COP(=O)(O)O)[C@H](O)C2O)n1. The number of rotatable bonds is 5. The van der Waals surface area contributed by atoms with E-state index >= 15 is 0 Å². The number of carbonyl (C=O) groups excluding carboxylic acids is 1. The van der Waals surface area contributed by atoms with Crippen LogP contribution in [-0.4, -0.2) is 65.6 Å². The number of amides is 1. The first-order valence-corrected chi connectivity index (χ1v) is 7.14. The Bertz CT molecular complexity index is 572. The molecule has 1 unspecified atom stereocenters. The van der Waals surface area contributed by atoms with E-state index in [1.54, 1.807) is 0 Å². The first-order valence-electron chi connectivity index (χ1n) is 5.61. The van der Waals surface area contributed by atoms with Crippen molar-refractivity contribution in [3.05, 3.63) is 12.2 Å². The fourth-order valence-electron chi connectivity index (χ4n) is 1.77. The van der Waals surface area contributed by atoms with Gasteiger partial charge in [-0.15, -0.1) is 5.10 Å². The van der Waals surface area contributed by atoms with E-state index in [0.717, 1.165) is 11.0 Å². The Kier molecular flexibility index (Phi) is 4.39. The largest absolute Gasteiger partial charge is 0.469 e. The Labute approximate surface area is 117 Å². The third kappa shape index (κ3) is 3.63. The minimum absolute atomic E-state index is 0.310. The summed E-state index contributed by atoms with van der Waals surface area (Å²) >= 11 is 0. The summed E-state index contributed by atoms with van der Waals surface area (Å²) in [6.45, 7) is -0.642. The number of phosphoric acid groups is 1. The molecule has 1 aliphatic heterocycles. The van der Waals surface area contributed by atoms with E-state index < -0.39 is 44.9 Å². The van der Waals surface area contributed by atoms with E-state index in [9.17, 15) is 19.6 Å². The molecule has 0 spiro atoms. The van der Waals surface area contributed by atoms with E-state index in [1.165, 1.54) is 0 Å². The lowest BCUT2D eigenvalue weighted by molar-refractivity contribution is -0.0581. The average Bonchev–Trinajstić information content (AvgIpc) is 2.94. The molecule has 1 aromatic heterocycles. The van der Waals surface area contributed by atoms with Crippen LogP contribution >= 0.6 is 7.82 Å². The molecule has 12 nitrogen and oxygen atoms in total. The summed E-state index contributed by atoms with van der Waals surface area (Å²) in [5, 5.41) is 23.2. The first kappa shape index (κ1) is 16.0. The van der Waals surface area contributed by atoms with E-state index in [2.05, 4.69) is 14.6 Å². The number of hydrogen-bond donors (Lipinski definition) is 5. The molecule has 1 aromatic rings. The minimum Gasteiger partial charge on any atom is -0.387 e. The molecule has 6 N–H and O–H groups in total. The Balaban J connectivity index is 2.08. The van der Waals surface area contributed by atoms with Crippen molar-refractivity contribution in [2.45, 2.75) is 24.5 Å². The summed E-state index contributed by atoms with van der Waals surface area (Å²) in [5.74, 6) is -1.20. The van der Waals surface area contributed by atoms with E-state index in [0.29, 0.717) is 0 Å². The summed E-state index contributed by atoms with van der Waals surface area (Å²) in [7, 11) is -4.73. The second-order valence-electron chi connectivity index (χ2n) is 4.25. The normalized spacial score (nSPS) is 29.7. The van der Waals surface area contributed by atoms with Gasteiger partial charge in [0.2, 0.25) is 5.82 Å². The van der Waals surface area contributed by atoms with Gasteiger partial charge in [0.05, 0.1) is 6.61 Å². The Morgan fingerprint density at radius 3 is 2.67 bits per heavy atom. The quantitative estimate of drug-likeness (QED) is 0.351. The second kappa shape index (κ2) is 5.77. The molecule has 21 heavy (non-hydrogen) atoms. The molecule has 1 amide bonds. The number of primary amides is 1. The molecule has 0 bridgehead atoms. The van der Waals surface area contributed by atoms with E-state index in [-0.39, 0.29) is 5.82 Å². The lowest BCUT2D eigenvalue weighted by atomic mass is 10.1. The van der Waals surface area contributed by atoms with Crippen LogP contribution in [0.25, 0.3) is 0 Å². The van der Waals surface area contributed by atoms with Crippen molar-refractivity contribution in [1.29, 1.82) is 0 Å². The standard InChI is InChI=1S/C8H13N4O8P/c9-6(15)7-10-2-12(11-7)8-5(14)4(13)3(20-8)1-19-21(16,17)18/h2-5,8,13-14H,1H2,(H2,9,15)(H2,16,17,18)/t3-,4+,5?,8-/m1/s1.